The van der Waals surface area contributed by atoms with E-state index in [2.05, 4.69) is 17.3 Å². The molecule has 0 radical (unpaired) electrons. The number of carbonyl (C=O) groups excluding carboxylic acids is 1. The monoisotopic (exact) mass is 321 g/mol. The fourth-order valence-electron chi connectivity index (χ4n) is 2.35. The number of carbonyl (C=O) groups is 1. The number of aryl methyl sites for hydroxylation is 2. The van der Waals surface area contributed by atoms with Crippen LogP contribution >= 0.6 is 11.6 Å². The lowest BCUT2D eigenvalue weighted by atomic mass is 10.1. The molecule has 0 spiro atoms. The zero-order chi connectivity index (χ0) is 16.3. The Morgan fingerprint density at radius 2 is 2.18 bits per heavy atom. The van der Waals surface area contributed by atoms with Crippen LogP contribution in [0.4, 0.5) is 5.69 Å². The molecule has 0 saturated carbocycles. The molecule has 3 N–H and O–H groups in total. The number of hydrogen-bond donors (Lipinski definition) is 2. The minimum atomic E-state index is -0.0342. The predicted octanol–water partition coefficient (Wildman–Crippen LogP) is 1.95. The van der Waals surface area contributed by atoms with Crippen LogP contribution in [0, 0.1) is 13.8 Å². The first-order valence-corrected chi connectivity index (χ1v) is 7.65. The van der Waals surface area contributed by atoms with Crippen molar-refractivity contribution in [2.24, 2.45) is 7.05 Å². The predicted molar refractivity (Wildman–Crippen MR) is 88.0 cm³/mol. The normalized spacial score (nSPS) is 12.2. The summed E-state index contributed by atoms with van der Waals surface area (Å²) in [6, 6.07) is 7.87. The Kier molecular flexibility index (Phi) is 5.21. The number of aromatic nitrogens is 2. The van der Waals surface area contributed by atoms with Gasteiger partial charge in [0.2, 0.25) is 0 Å². The van der Waals surface area contributed by atoms with Crippen LogP contribution in [-0.2, 0) is 11.8 Å². The molecule has 22 heavy (non-hydrogen) atoms. The average molecular weight is 322 g/mol. The van der Waals surface area contributed by atoms with Gasteiger partial charge < -0.3 is 10.6 Å². The number of quaternary nitrogens is 1. The van der Waals surface area contributed by atoms with E-state index in [0.717, 1.165) is 22.6 Å². The van der Waals surface area contributed by atoms with Gasteiger partial charge in [-0.2, -0.15) is 5.10 Å². The molecule has 5 nitrogen and oxygen atoms in total. The minimum Gasteiger partial charge on any atom is -0.333 e. The Hall–Kier alpha value is -1.85. The van der Waals surface area contributed by atoms with Gasteiger partial charge in [0.1, 0.15) is 6.04 Å². The first kappa shape index (κ1) is 16.5. The van der Waals surface area contributed by atoms with Crippen molar-refractivity contribution < 1.29 is 10.1 Å². The van der Waals surface area contributed by atoms with Gasteiger partial charge in [0.15, 0.2) is 6.54 Å². The maximum absolute atomic E-state index is 12.1. The van der Waals surface area contributed by atoms with Crippen molar-refractivity contribution >= 4 is 23.2 Å². The maximum Gasteiger partial charge on any atom is 0.279 e. The highest BCUT2D eigenvalue weighted by atomic mass is 35.5. The van der Waals surface area contributed by atoms with E-state index < -0.39 is 0 Å². The zero-order valence-corrected chi connectivity index (χ0v) is 14.1. The lowest BCUT2D eigenvalue weighted by Crippen LogP contribution is -2.86. The minimum absolute atomic E-state index is 0.0342. The Labute approximate surface area is 135 Å². The van der Waals surface area contributed by atoms with Crippen molar-refractivity contribution in [3.05, 3.63) is 46.2 Å². The molecule has 1 heterocycles. The van der Waals surface area contributed by atoms with Gasteiger partial charge in [-0.1, -0.05) is 23.7 Å². The molecule has 6 heteroatoms. The van der Waals surface area contributed by atoms with Gasteiger partial charge in [-0.25, -0.2) is 0 Å². The van der Waals surface area contributed by atoms with Crippen LogP contribution in [0.25, 0.3) is 0 Å². The lowest BCUT2D eigenvalue weighted by molar-refractivity contribution is -0.682. The molecule has 0 aliphatic rings. The third-order valence-corrected chi connectivity index (χ3v) is 4.04. The van der Waals surface area contributed by atoms with Gasteiger partial charge in [-0.05, 0) is 32.9 Å². The van der Waals surface area contributed by atoms with Crippen LogP contribution < -0.4 is 10.6 Å². The van der Waals surface area contributed by atoms with E-state index in [4.69, 9.17) is 11.6 Å². The second-order valence-corrected chi connectivity index (χ2v) is 5.94. The molecule has 1 aromatic heterocycles. The highest BCUT2D eigenvalue weighted by molar-refractivity contribution is 6.30. The van der Waals surface area contributed by atoms with E-state index in [-0.39, 0.29) is 11.9 Å². The molecule has 0 unspecified atom stereocenters. The summed E-state index contributed by atoms with van der Waals surface area (Å²) < 4.78 is 1.77. The molecule has 2 aromatic rings. The lowest BCUT2D eigenvalue weighted by Gasteiger charge is -2.11. The van der Waals surface area contributed by atoms with E-state index >= 15 is 0 Å². The SMILES string of the molecule is Cc1nn(C)c(C)c1NC(=O)C[NH2+][C@@H](C)c1cccc(Cl)c1. The van der Waals surface area contributed by atoms with E-state index in [1.165, 1.54) is 0 Å². The summed E-state index contributed by atoms with van der Waals surface area (Å²) in [4.78, 5) is 12.1. The smallest absolute Gasteiger partial charge is 0.279 e. The van der Waals surface area contributed by atoms with Crippen LogP contribution in [0.1, 0.15) is 29.9 Å². The standard InChI is InChI=1S/C16H21ClN4O/c1-10(13-6-5-7-14(17)8-13)18-9-15(22)19-16-11(2)20-21(4)12(16)3/h5-8,10,18H,9H2,1-4H3,(H,19,22)/p+1/t10-/m0/s1. The number of halogens is 1. The van der Waals surface area contributed by atoms with Crippen molar-refractivity contribution in [3.63, 3.8) is 0 Å². The van der Waals surface area contributed by atoms with E-state index in [1.807, 2.05) is 50.5 Å². The van der Waals surface area contributed by atoms with Crippen molar-refractivity contribution in [1.29, 1.82) is 0 Å². The topological polar surface area (TPSA) is 63.5 Å². The van der Waals surface area contributed by atoms with Gasteiger partial charge in [0.25, 0.3) is 5.91 Å². The molecule has 0 aliphatic carbocycles. The van der Waals surface area contributed by atoms with Crippen LogP contribution in [-0.4, -0.2) is 22.2 Å². The molecule has 2 rings (SSSR count). The molecule has 1 amide bonds. The molecule has 1 atom stereocenters. The van der Waals surface area contributed by atoms with Gasteiger partial charge in [-0.3, -0.25) is 9.48 Å². The number of nitrogens with two attached hydrogens (primary N) is 1. The molecular formula is C16H22ClN4O+. The molecule has 0 bridgehead atoms. The summed E-state index contributed by atoms with van der Waals surface area (Å²) in [7, 11) is 1.87. The molecule has 0 saturated heterocycles. The summed E-state index contributed by atoms with van der Waals surface area (Å²) in [5, 5.41) is 9.93. The highest BCUT2D eigenvalue weighted by Crippen LogP contribution is 2.18. The van der Waals surface area contributed by atoms with Gasteiger partial charge >= 0.3 is 0 Å². The van der Waals surface area contributed by atoms with Crippen LogP contribution in [0.2, 0.25) is 5.02 Å². The van der Waals surface area contributed by atoms with Crippen LogP contribution in [0.15, 0.2) is 24.3 Å². The number of benzene rings is 1. The number of nitrogens with one attached hydrogen (secondary N) is 1. The van der Waals surface area contributed by atoms with E-state index in [0.29, 0.717) is 11.6 Å². The zero-order valence-electron chi connectivity index (χ0n) is 13.4. The van der Waals surface area contributed by atoms with Gasteiger partial charge in [0.05, 0.1) is 17.1 Å². The summed E-state index contributed by atoms with van der Waals surface area (Å²) in [6.07, 6.45) is 0. The largest absolute Gasteiger partial charge is 0.333 e. The number of anilines is 1. The number of rotatable bonds is 5. The first-order valence-electron chi connectivity index (χ1n) is 7.27. The van der Waals surface area contributed by atoms with Crippen LogP contribution in [0.3, 0.4) is 0 Å². The summed E-state index contributed by atoms with van der Waals surface area (Å²) in [6.45, 7) is 6.23. The van der Waals surface area contributed by atoms with E-state index in [9.17, 15) is 4.79 Å². The molecular weight excluding hydrogens is 300 g/mol. The second kappa shape index (κ2) is 6.94. The molecule has 1 aromatic carbocycles. The van der Waals surface area contributed by atoms with E-state index in [1.54, 1.807) is 4.68 Å². The van der Waals surface area contributed by atoms with Crippen LogP contribution in [0.5, 0.6) is 0 Å². The number of nitrogens with zero attached hydrogens (tertiary/aromatic N) is 2. The highest BCUT2D eigenvalue weighted by Gasteiger charge is 2.15. The average Bonchev–Trinajstić information content (AvgIpc) is 2.71. The Balaban J connectivity index is 1.93. The summed E-state index contributed by atoms with van der Waals surface area (Å²) in [5.41, 5.74) is 3.69. The summed E-state index contributed by atoms with van der Waals surface area (Å²) >= 11 is 5.99. The third-order valence-electron chi connectivity index (χ3n) is 3.80. The molecule has 118 valence electrons. The Morgan fingerprint density at radius 3 is 2.77 bits per heavy atom. The number of amides is 1. The second-order valence-electron chi connectivity index (χ2n) is 5.50. The van der Waals surface area contributed by atoms with Gasteiger partial charge in [0, 0.05) is 17.6 Å². The number of hydrogen-bond acceptors (Lipinski definition) is 2. The Morgan fingerprint density at radius 1 is 1.45 bits per heavy atom. The van der Waals surface area contributed by atoms with Gasteiger partial charge in [-0.15, -0.1) is 0 Å². The molecule has 0 fully saturated rings. The fraction of sp³-hybridized carbons (Fsp3) is 0.375. The quantitative estimate of drug-likeness (QED) is 0.884. The van der Waals surface area contributed by atoms with Crippen molar-refractivity contribution in [1.82, 2.24) is 9.78 Å². The van der Waals surface area contributed by atoms with Crippen molar-refractivity contribution in [3.8, 4) is 0 Å². The Bertz CT molecular complexity index is 681. The molecule has 0 aliphatic heterocycles. The van der Waals surface area contributed by atoms with Crippen molar-refractivity contribution in [2.75, 3.05) is 11.9 Å². The van der Waals surface area contributed by atoms with Crippen molar-refractivity contribution in [2.45, 2.75) is 26.8 Å². The first-order chi connectivity index (χ1) is 10.4. The maximum atomic E-state index is 12.1. The summed E-state index contributed by atoms with van der Waals surface area (Å²) in [5.74, 6) is -0.0342. The third kappa shape index (κ3) is 3.87. The fourth-order valence-corrected chi connectivity index (χ4v) is 2.55.